The number of ether oxygens (including phenoxy) is 3. The van der Waals surface area contributed by atoms with Crippen LogP contribution >= 0.6 is 0 Å². The van der Waals surface area contributed by atoms with E-state index in [4.69, 9.17) is 14.2 Å². The van der Waals surface area contributed by atoms with E-state index in [9.17, 15) is 4.79 Å². The Kier molecular flexibility index (Phi) is 7.33. The lowest BCUT2D eigenvalue weighted by atomic mass is 10.2. The van der Waals surface area contributed by atoms with E-state index >= 15 is 0 Å². The van der Waals surface area contributed by atoms with Crippen molar-refractivity contribution >= 4 is 5.91 Å². The molecule has 2 aromatic carbocycles. The number of hydrogen-bond acceptors (Lipinski definition) is 4. The normalized spacial score (nSPS) is 12.8. The van der Waals surface area contributed by atoms with Crippen LogP contribution in [0, 0.1) is 6.92 Å². The Morgan fingerprint density at radius 1 is 1.08 bits per heavy atom. The maximum Gasteiger partial charge on any atom is 0.261 e. The second kappa shape index (κ2) is 9.70. The Morgan fingerprint density at radius 3 is 2.35 bits per heavy atom. The van der Waals surface area contributed by atoms with Gasteiger partial charge in [-0.3, -0.25) is 4.79 Å². The summed E-state index contributed by atoms with van der Waals surface area (Å²) >= 11 is 0. The standard InChI is InChI=1S/C21H27NO4/c1-5-18(26-20-9-7-6-8-19(20)24-4)21(23)22-16(3)14-25-17-12-10-15(2)11-13-17/h6-13,16,18H,5,14H2,1-4H3,(H,22,23)/t16-,18+/m1/s1. The van der Waals surface area contributed by atoms with E-state index in [1.54, 1.807) is 19.2 Å². The number of rotatable bonds is 9. The molecule has 140 valence electrons. The molecule has 0 heterocycles. The van der Waals surface area contributed by atoms with Crippen LogP contribution in [0.5, 0.6) is 17.2 Å². The van der Waals surface area contributed by atoms with Crippen molar-refractivity contribution in [3.63, 3.8) is 0 Å². The van der Waals surface area contributed by atoms with Gasteiger partial charge in [-0.2, -0.15) is 0 Å². The Hall–Kier alpha value is -2.69. The average molecular weight is 357 g/mol. The van der Waals surface area contributed by atoms with Crippen LogP contribution in [0.3, 0.4) is 0 Å². The Balaban J connectivity index is 1.88. The minimum atomic E-state index is -0.590. The minimum Gasteiger partial charge on any atom is -0.493 e. The average Bonchev–Trinajstić information content (AvgIpc) is 2.65. The fourth-order valence-electron chi connectivity index (χ4n) is 2.42. The Morgan fingerprint density at radius 2 is 1.73 bits per heavy atom. The van der Waals surface area contributed by atoms with Gasteiger partial charge >= 0.3 is 0 Å². The summed E-state index contributed by atoms with van der Waals surface area (Å²) in [5, 5.41) is 2.94. The van der Waals surface area contributed by atoms with Crippen molar-refractivity contribution in [2.45, 2.75) is 39.3 Å². The SMILES string of the molecule is CC[C@H](Oc1ccccc1OC)C(=O)N[C@H](C)COc1ccc(C)cc1. The first-order valence-electron chi connectivity index (χ1n) is 8.83. The fraction of sp³-hybridized carbons (Fsp3) is 0.381. The third-order valence-corrected chi connectivity index (χ3v) is 3.91. The predicted octanol–water partition coefficient (Wildman–Crippen LogP) is 3.74. The summed E-state index contributed by atoms with van der Waals surface area (Å²) in [7, 11) is 1.58. The van der Waals surface area contributed by atoms with Gasteiger partial charge in [-0.05, 0) is 44.5 Å². The second-order valence-electron chi connectivity index (χ2n) is 6.20. The fourth-order valence-corrected chi connectivity index (χ4v) is 2.42. The topological polar surface area (TPSA) is 56.8 Å². The van der Waals surface area contributed by atoms with E-state index in [0.717, 1.165) is 5.75 Å². The molecule has 0 radical (unpaired) electrons. The third kappa shape index (κ3) is 5.69. The molecule has 0 saturated carbocycles. The van der Waals surface area contributed by atoms with Gasteiger partial charge in [-0.15, -0.1) is 0 Å². The van der Waals surface area contributed by atoms with Crippen LogP contribution in [0.25, 0.3) is 0 Å². The summed E-state index contributed by atoms with van der Waals surface area (Å²) in [4.78, 5) is 12.5. The molecule has 1 N–H and O–H groups in total. The van der Waals surface area contributed by atoms with Crippen LogP contribution in [0.15, 0.2) is 48.5 Å². The number of benzene rings is 2. The van der Waals surface area contributed by atoms with E-state index in [1.807, 2.05) is 57.2 Å². The number of amides is 1. The highest BCUT2D eigenvalue weighted by molar-refractivity contribution is 5.81. The summed E-state index contributed by atoms with van der Waals surface area (Å²) in [6.45, 7) is 6.23. The van der Waals surface area contributed by atoms with Gasteiger partial charge in [-0.1, -0.05) is 36.8 Å². The molecule has 0 saturated heterocycles. The van der Waals surface area contributed by atoms with Gasteiger partial charge < -0.3 is 19.5 Å². The molecule has 5 heteroatoms. The van der Waals surface area contributed by atoms with Gasteiger partial charge in [0.25, 0.3) is 5.91 Å². The summed E-state index contributed by atoms with van der Waals surface area (Å²) in [5.74, 6) is 1.78. The van der Waals surface area contributed by atoms with Crippen LogP contribution in [-0.4, -0.2) is 31.8 Å². The maximum atomic E-state index is 12.5. The third-order valence-electron chi connectivity index (χ3n) is 3.91. The molecule has 2 aromatic rings. The quantitative estimate of drug-likeness (QED) is 0.743. The van der Waals surface area contributed by atoms with Crippen LogP contribution in [-0.2, 0) is 4.79 Å². The van der Waals surface area contributed by atoms with E-state index in [1.165, 1.54) is 5.56 Å². The van der Waals surface area contributed by atoms with Gasteiger partial charge in [0.05, 0.1) is 13.2 Å². The largest absolute Gasteiger partial charge is 0.493 e. The summed E-state index contributed by atoms with van der Waals surface area (Å²) in [6, 6.07) is 15.0. The molecule has 0 fully saturated rings. The van der Waals surface area contributed by atoms with Crippen molar-refractivity contribution in [2.24, 2.45) is 0 Å². The van der Waals surface area contributed by atoms with Crippen LogP contribution < -0.4 is 19.5 Å². The van der Waals surface area contributed by atoms with Gasteiger partial charge in [-0.25, -0.2) is 0 Å². The summed E-state index contributed by atoms with van der Waals surface area (Å²) in [5.41, 5.74) is 1.18. The van der Waals surface area contributed by atoms with Gasteiger partial charge in [0.15, 0.2) is 17.6 Å². The van der Waals surface area contributed by atoms with Crippen LogP contribution in [0.1, 0.15) is 25.8 Å². The first-order chi connectivity index (χ1) is 12.5. The minimum absolute atomic E-state index is 0.140. The number of hydrogen-bond donors (Lipinski definition) is 1. The highest BCUT2D eigenvalue weighted by Crippen LogP contribution is 2.27. The molecule has 2 atom stereocenters. The molecule has 0 bridgehead atoms. The van der Waals surface area contributed by atoms with E-state index < -0.39 is 6.10 Å². The number of nitrogens with one attached hydrogen (secondary N) is 1. The Bertz CT molecular complexity index is 699. The van der Waals surface area contributed by atoms with Crippen molar-refractivity contribution in [1.29, 1.82) is 0 Å². The lowest BCUT2D eigenvalue weighted by molar-refractivity contribution is -0.129. The molecule has 0 aliphatic carbocycles. The number of carbonyl (C=O) groups excluding carboxylic acids is 1. The molecule has 5 nitrogen and oxygen atoms in total. The van der Waals surface area contributed by atoms with Crippen molar-refractivity contribution in [3.8, 4) is 17.2 Å². The molecular weight excluding hydrogens is 330 g/mol. The van der Waals surface area contributed by atoms with Crippen LogP contribution in [0.4, 0.5) is 0 Å². The lowest BCUT2D eigenvalue weighted by Gasteiger charge is -2.21. The molecule has 26 heavy (non-hydrogen) atoms. The van der Waals surface area contributed by atoms with Gasteiger partial charge in [0, 0.05) is 0 Å². The van der Waals surface area contributed by atoms with Gasteiger partial charge in [0.1, 0.15) is 12.4 Å². The monoisotopic (exact) mass is 357 g/mol. The molecule has 0 aliphatic heterocycles. The summed E-state index contributed by atoms with van der Waals surface area (Å²) in [6.07, 6.45) is -0.0387. The van der Waals surface area contributed by atoms with Gasteiger partial charge in [0.2, 0.25) is 0 Å². The van der Waals surface area contributed by atoms with E-state index in [0.29, 0.717) is 24.5 Å². The zero-order valence-corrected chi connectivity index (χ0v) is 15.8. The Labute approximate surface area is 155 Å². The van der Waals surface area contributed by atoms with Crippen molar-refractivity contribution in [3.05, 3.63) is 54.1 Å². The number of para-hydroxylation sites is 2. The molecule has 2 rings (SSSR count). The van der Waals surface area contributed by atoms with Crippen molar-refractivity contribution < 1.29 is 19.0 Å². The molecule has 0 spiro atoms. The molecule has 1 amide bonds. The highest BCUT2D eigenvalue weighted by atomic mass is 16.5. The summed E-state index contributed by atoms with van der Waals surface area (Å²) < 4.78 is 16.8. The number of carbonyl (C=O) groups is 1. The lowest BCUT2D eigenvalue weighted by Crippen LogP contribution is -2.44. The first kappa shape index (κ1) is 19.6. The molecule has 0 aliphatic rings. The molecular formula is C21H27NO4. The van der Waals surface area contributed by atoms with Crippen molar-refractivity contribution in [2.75, 3.05) is 13.7 Å². The number of methoxy groups -OCH3 is 1. The smallest absolute Gasteiger partial charge is 0.261 e. The maximum absolute atomic E-state index is 12.5. The second-order valence-corrected chi connectivity index (χ2v) is 6.20. The van der Waals surface area contributed by atoms with Crippen molar-refractivity contribution in [1.82, 2.24) is 5.32 Å². The van der Waals surface area contributed by atoms with E-state index in [2.05, 4.69) is 5.32 Å². The zero-order chi connectivity index (χ0) is 18.9. The zero-order valence-electron chi connectivity index (χ0n) is 15.8. The van der Waals surface area contributed by atoms with E-state index in [-0.39, 0.29) is 11.9 Å². The highest BCUT2D eigenvalue weighted by Gasteiger charge is 2.21. The van der Waals surface area contributed by atoms with Crippen LogP contribution in [0.2, 0.25) is 0 Å². The predicted molar refractivity (Wildman–Crippen MR) is 102 cm³/mol. The number of aryl methyl sites for hydroxylation is 1. The molecule has 0 unspecified atom stereocenters. The first-order valence-corrected chi connectivity index (χ1v) is 8.83. The molecule has 0 aromatic heterocycles.